The van der Waals surface area contributed by atoms with Crippen LogP contribution >= 0.6 is 22.7 Å². The second-order valence-electron chi connectivity index (χ2n) is 12.4. The van der Waals surface area contributed by atoms with Crippen molar-refractivity contribution in [2.45, 2.75) is 95.7 Å². The number of likely N-dealkylation sites (tertiary alicyclic amines) is 1. The Balaban J connectivity index is 0.883. The summed E-state index contributed by atoms with van der Waals surface area (Å²) in [7, 11) is 0. The van der Waals surface area contributed by atoms with Crippen molar-refractivity contribution in [1.82, 2.24) is 14.8 Å². The number of hydrogen-bond donors (Lipinski definition) is 3. The first-order valence-corrected chi connectivity index (χ1v) is 17.8. The van der Waals surface area contributed by atoms with Crippen molar-refractivity contribution in [3.63, 3.8) is 0 Å². The standard InChI is InChI=1S/C33H47N3O5S2/c1-24-21-25(22-42-24)31(39)36-19-20-41-33(23-36)14-17-35(18-15-33)16-10-8-6-4-2-3-5-7-9-11-27(37)26-12-13-28(38)29-30(26)43-32(40)34-29/h12-13,21-22,27,37-38H,2-11,14-20,23H2,1H3,(H,34,40)/t27-/m0/s1. The van der Waals surface area contributed by atoms with E-state index in [-0.39, 0.29) is 22.1 Å². The SMILES string of the molecule is Cc1cc(C(=O)N2CCOC3(CCN(CCCCCCCCCCC[C@H](O)c4ccc(O)c5[nH]c(=O)sc45)CC3)C2)cs1. The summed E-state index contributed by atoms with van der Waals surface area (Å²) in [5.41, 5.74) is 1.80. The van der Waals surface area contributed by atoms with Gasteiger partial charge in [-0.2, -0.15) is 0 Å². The molecular weight excluding hydrogens is 583 g/mol. The average molecular weight is 630 g/mol. The van der Waals surface area contributed by atoms with Crippen LogP contribution in [-0.2, 0) is 4.74 Å². The van der Waals surface area contributed by atoms with Crippen molar-refractivity contribution in [3.05, 3.63) is 49.3 Å². The lowest BCUT2D eigenvalue weighted by molar-refractivity contribution is -0.127. The maximum Gasteiger partial charge on any atom is 0.305 e. The number of unbranched alkanes of at least 4 members (excludes halogenated alkanes) is 8. The number of ether oxygens (including phenoxy) is 1. The summed E-state index contributed by atoms with van der Waals surface area (Å²) >= 11 is 2.68. The number of carbonyl (C=O) groups is 1. The van der Waals surface area contributed by atoms with Crippen LogP contribution in [0.1, 0.15) is 104 Å². The molecule has 10 heteroatoms. The van der Waals surface area contributed by atoms with Crippen molar-refractivity contribution in [2.24, 2.45) is 0 Å². The Morgan fingerprint density at radius 3 is 2.44 bits per heavy atom. The number of phenols is 1. The molecule has 0 saturated carbocycles. The number of aromatic amines is 1. The average Bonchev–Trinajstić information content (AvgIpc) is 3.62. The number of phenolic OH excluding ortho intramolecular Hbond substituents is 1. The first kappa shape index (κ1) is 32.2. The molecule has 8 nitrogen and oxygen atoms in total. The van der Waals surface area contributed by atoms with Gasteiger partial charge in [-0.1, -0.05) is 68.8 Å². The number of morpholine rings is 1. The molecule has 3 N–H and O–H groups in total. The van der Waals surface area contributed by atoms with Crippen LogP contribution in [0, 0.1) is 6.92 Å². The molecule has 0 unspecified atom stereocenters. The number of nitrogens with one attached hydrogen (secondary N) is 1. The van der Waals surface area contributed by atoms with Crippen molar-refractivity contribution >= 4 is 38.8 Å². The molecule has 1 spiro atoms. The molecule has 236 valence electrons. The highest BCUT2D eigenvalue weighted by molar-refractivity contribution is 7.16. The fourth-order valence-electron chi connectivity index (χ4n) is 6.61. The number of fused-ring (bicyclic) bond motifs is 1. The zero-order valence-electron chi connectivity index (χ0n) is 25.4. The normalized spacial score (nSPS) is 18.0. The summed E-state index contributed by atoms with van der Waals surface area (Å²) < 4.78 is 6.94. The van der Waals surface area contributed by atoms with Crippen molar-refractivity contribution in [1.29, 1.82) is 0 Å². The summed E-state index contributed by atoms with van der Waals surface area (Å²) in [6.45, 7) is 7.35. The third-order valence-electron chi connectivity index (χ3n) is 9.18. The summed E-state index contributed by atoms with van der Waals surface area (Å²) in [5.74, 6) is 0.198. The van der Waals surface area contributed by atoms with Crippen LogP contribution in [0.2, 0.25) is 0 Å². The van der Waals surface area contributed by atoms with E-state index < -0.39 is 6.10 Å². The minimum atomic E-state index is -0.616. The Morgan fingerprint density at radius 2 is 1.74 bits per heavy atom. The number of amides is 1. The number of aromatic nitrogens is 1. The van der Waals surface area contributed by atoms with E-state index in [1.807, 2.05) is 23.3 Å². The Hall–Kier alpha value is -2.24. The van der Waals surface area contributed by atoms with Gasteiger partial charge in [0.1, 0.15) is 11.3 Å². The second kappa shape index (κ2) is 15.2. The first-order chi connectivity index (χ1) is 20.8. The number of aliphatic hydroxyl groups excluding tert-OH is 1. The van der Waals surface area contributed by atoms with Gasteiger partial charge in [0.05, 0.1) is 35.1 Å². The summed E-state index contributed by atoms with van der Waals surface area (Å²) in [6, 6.07) is 5.27. The third kappa shape index (κ3) is 8.48. The lowest BCUT2D eigenvalue weighted by atomic mass is 9.89. The highest BCUT2D eigenvalue weighted by Gasteiger charge is 2.41. The molecular formula is C33H47N3O5S2. The summed E-state index contributed by atoms with van der Waals surface area (Å²) in [6.07, 6.45) is 12.9. The van der Waals surface area contributed by atoms with Crippen LogP contribution in [-0.4, -0.2) is 75.8 Å². The zero-order valence-corrected chi connectivity index (χ0v) is 27.1. The van der Waals surface area contributed by atoms with Gasteiger partial charge in [0.25, 0.3) is 5.91 Å². The van der Waals surface area contributed by atoms with Gasteiger partial charge in [-0.3, -0.25) is 9.59 Å². The van der Waals surface area contributed by atoms with Crippen LogP contribution in [0.25, 0.3) is 10.2 Å². The van der Waals surface area contributed by atoms with Crippen LogP contribution in [0.4, 0.5) is 0 Å². The molecule has 1 atom stereocenters. The van der Waals surface area contributed by atoms with E-state index in [1.165, 1.54) is 49.8 Å². The number of aliphatic hydroxyl groups is 1. The van der Waals surface area contributed by atoms with Gasteiger partial charge in [-0.05, 0) is 51.3 Å². The fraction of sp³-hybridized carbons (Fsp3) is 0.636. The lowest BCUT2D eigenvalue weighted by Gasteiger charge is -2.47. The number of H-pyrrole nitrogens is 1. The molecule has 2 aromatic heterocycles. The molecule has 1 amide bonds. The van der Waals surface area contributed by atoms with E-state index in [4.69, 9.17) is 4.74 Å². The highest BCUT2D eigenvalue weighted by atomic mass is 32.1. The van der Waals surface area contributed by atoms with E-state index in [9.17, 15) is 19.8 Å². The predicted molar refractivity (Wildman–Crippen MR) is 175 cm³/mol. The molecule has 3 aromatic rings. The van der Waals surface area contributed by atoms with Crippen molar-refractivity contribution in [3.8, 4) is 5.75 Å². The van der Waals surface area contributed by atoms with Crippen LogP contribution in [0.15, 0.2) is 28.4 Å². The molecule has 4 heterocycles. The molecule has 2 saturated heterocycles. The molecule has 2 fully saturated rings. The van der Waals surface area contributed by atoms with Crippen LogP contribution < -0.4 is 4.87 Å². The molecule has 5 rings (SSSR count). The number of hydrogen-bond acceptors (Lipinski definition) is 8. The number of thiophene rings is 1. The lowest BCUT2D eigenvalue weighted by Crippen LogP contribution is -2.58. The quantitative estimate of drug-likeness (QED) is 0.173. The number of aromatic hydroxyl groups is 1. The van der Waals surface area contributed by atoms with Crippen LogP contribution in [0.3, 0.4) is 0 Å². The van der Waals surface area contributed by atoms with Crippen molar-refractivity contribution < 1.29 is 19.7 Å². The maximum absolute atomic E-state index is 13.0. The Morgan fingerprint density at radius 1 is 1.05 bits per heavy atom. The maximum atomic E-state index is 13.0. The number of thiazole rings is 1. The van der Waals surface area contributed by atoms with Gasteiger partial charge in [0.15, 0.2) is 0 Å². The molecule has 1 aromatic carbocycles. The Bertz CT molecular complexity index is 1390. The molecule has 2 aliphatic heterocycles. The summed E-state index contributed by atoms with van der Waals surface area (Å²) in [5, 5.41) is 22.6. The summed E-state index contributed by atoms with van der Waals surface area (Å²) in [4.78, 5) is 32.9. The highest BCUT2D eigenvalue weighted by Crippen LogP contribution is 2.34. The first-order valence-electron chi connectivity index (χ1n) is 16.1. The number of piperidine rings is 1. The van der Waals surface area contributed by atoms with Crippen LogP contribution in [0.5, 0.6) is 5.75 Å². The number of rotatable bonds is 14. The Labute approximate surface area is 262 Å². The number of aryl methyl sites for hydroxylation is 1. The monoisotopic (exact) mass is 629 g/mol. The number of benzene rings is 1. The smallest absolute Gasteiger partial charge is 0.305 e. The van der Waals surface area contributed by atoms with Gasteiger partial charge < -0.3 is 29.7 Å². The predicted octanol–water partition coefficient (Wildman–Crippen LogP) is 6.61. The molecule has 0 radical (unpaired) electrons. The third-order valence-corrected chi connectivity index (χ3v) is 11.0. The number of nitrogens with zero attached hydrogens (tertiary/aromatic N) is 2. The van der Waals surface area contributed by atoms with Gasteiger partial charge in [0.2, 0.25) is 0 Å². The van der Waals surface area contributed by atoms with E-state index in [2.05, 4.69) is 9.88 Å². The van der Waals surface area contributed by atoms with Gasteiger partial charge in [-0.15, -0.1) is 11.3 Å². The molecule has 2 aliphatic rings. The minimum Gasteiger partial charge on any atom is -0.506 e. The largest absolute Gasteiger partial charge is 0.506 e. The fourth-order valence-corrected chi connectivity index (χ4v) is 8.21. The Kier molecular flexibility index (Phi) is 11.3. The van der Waals surface area contributed by atoms with E-state index in [1.54, 1.807) is 23.5 Å². The van der Waals surface area contributed by atoms with Gasteiger partial charge in [-0.25, -0.2) is 0 Å². The molecule has 0 bridgehead atoms. The topological polar surface area (TPSA) is 106 Å². The molecule has 43 heavy (non-hydrogen) atoms. The van der Waals surface area contributed by atoms with E-state index >= 15 is 0 Å². The van der Waals surface area contributed by atoms with Gasteiger partial charge in [0, 0.05) is 35.5 Å². The van der Waals surface area contributed by atoms with Crippen molar-refractivity contribution in [2.75, 3.05) is 39.3 Å². The molecule has 0 aliphatic carbocycles. The zero-order chi connectivity index (χ0) is 30.2. The second-order valence-corrected chi connectivity index (χ2v) is 14.5. The van der Waals surface area contributed by atoms with E-state index in [0.29, 0.717) is 36.3 Å². The minimum absolute atomic E-state index is 0.0467. The van der Waals surface area contributed by atoms with E-state index in [0.717, 1.165) is 67.8 Å². The number of carbonyl (C=O) groups excluding carboxylic acids is 1. The van der Waals surface area contributed by atoms with Gasteiger partial charge >= 0.3 is 4.87 Å².